The number of benzene rings is 3. The average molecular weight is 539 g/mol. The van der Waals surface area contributed by atoms with E-state index in [2.05, 4.69) is 25.7 Å². The first-order valence-electron chi connectivity index (χ1n) is 14.2. The Bertz CT molecular complexity index is 1410. The lowest BCUT2D eigenvalue weighted by Crippen LogP contribution is -2.30. The molecule has 2 aliphatic rings. The van der Waals surface area contributed by atoms with Crippen LogP contribution in [0.2, 0.25) is 0 Å². The summed E-state index contributed by atoms with van der Waals surface area (Å²) in [6.07, 6.45) is 3.60. The number of carbonyl (C=O) groups is 2. The summed E-state index contributed by atoms with van der Waals surface area (Å²) in [6.45, 7) is 10.7. The van der Waals surface area contributed by atoms with E-state index in [0.717, 1.165) is 35.7 Å². The van der Waals surface area contributed by atoms with Crippen molar-refractivity contribution in [2.45, 2.75) is 58.4 Å². The zero-order valence-corrected chi connectivity index (χ0v) is 23.8. The lowest BCUT2D eigenvalue weighted by atomic mass is 9.84. The average Bonchev–Trinajstić information content (AvgIpc) is 3.23. The molecule has 0 spiro atoms. The van der Waals surface area contributed by atoms with Crippen LogP contribution in [0.5, 0.6) is 5.75 Å². The monoisotopic (exact) mass is 538 g/mol. The third-order valence-corrected chi connectivity index (χ3v) is 7.77. The summed E-state index contributed by atoms with van der Waals surface area (Å²) >= 11 is 0. The van der Waals surface area contributed by atoms with E-state index < -0.39 is 17.7 Å². The highest BCUT2D eigenvalue weighted by molar-refractivity contribution is 6.51. The molecule has 0 aliphatic carbocycles. The van der Waals surface area contributed by atoms with Gasteiger partial charge in [-0.25, -0.2) is 0 Å². The SMILES string of the molecule is CCOc1ccc(/C(O)=C2/C(=O)C(=O)N(c3ccc(N4CCCCC4)cc3)C2c2ccccc2)cc1C(C)(C)C. The van der Waals surface area contributed by atoms with Crippen LogP contribution in [0.25, 0.3) is 5.76 Å². The van der Waals surface area contributed by atoms with Gasteiger partial charge in [0.05, 0.1) is 18.2 Å². The number of ketones is 1. The van der Waals surface area contributed by atoms with Gasteiger partial charge >= 0.3 is 0 Å². The summed E-state index contributed by atoms with van der Waals surface area (Å²) in [5.41, 5.74) is 3.70. The molecule has 3 aromatic carbocycles. The minimum absolute atomic E-state index is 0.0836. The van der Waals surface area contributed by atoms with Crippen molar-refractivity contribution < 1.29 is 19.4 Å². The number of ether oxygens (including phenoxy) is 1. The van der Waals surface area contributed by atoms with Gasteiger partial charge in [0.2, 0.25) is 0 Å². The van der Waals surface area contributed by atoms with E-state index in [4.69, 9.17) is 4.74 Å². The molecule has 1 amide bonds. The van der Waals surface area contributed by atoms with E-state index in [1.54, 1.807) is 6.07 Å². The largest absolute Gasteiger partial charge is 0.507 e. The van der Waals surface area contributed by atoms with Gasteiger partial charge in [0.15, 0.2) is 0 Å². The first-order chi connectivity index (χ1) is 19.2. The number of aliphatic hydroxyl groups is 1. The number of rotatable bonds is 6. The van der Waals surface area contributed by atoms with Crippen LogP contribution in [0.1, 0.15) is 69.7 Å². The van der Waals surface area contributed by atoms with Gasteiger partial charge in [-0.15, -0.1) is 0 Å². The van der Waals surface area contributed by atoms with Crippen molar-refractivity contribution >= 4 is 28.8 Å². The second-order valence-electron chi connectivity index (χ2n) is 11.5. The fourth-order valence-corrected chi connectivity index (χ4v) is 5.73. The number of piperidine rings is 1. The molecule has 6 heteroatoms. The summed E-state index contributed by atoms with van der Waals surface area (Å²) < 4.78 is 5.85. The quantitative estimate of drug-likeness (QED) is 0.208. The highest BCUT2D eigenvalue weighted by Crippen LogP contribution is 2.43. The van der Waals surface area contributed by atoms with Crippen LogP contribution >= 0.6 is 0 Å². The Labute approximate surface area is 236 Å². The topological polar surface area (TPSA) is 70.1 Å². The van der Waals surface area contributed by atoms with Gasteiger partial charge in [-0.05, 0) is 79.6 Å². The van der Waals surface area contributed by atoms with Crippen LogP contribution in [0.3, 0.4) is 0 Å². The van der Waals surface area contributed by atoms with E-state index >= 15 is 0 Å². The van der Waals surface area contributed by atoms with Gasteiger partial charge < -0.3 is 14.7 Å². The van der Waals surface area contributed by atoms with E-state index in [1.165, 1.54) is 24.2 Å². The highest BCUT2D eigenvalue weighted by atomic mass is 16.5. The summed E-state index contributed by atoms with van der Waals surface area (Å²) in [6, 6.07) is 21.9. The zero-order valence-electron chi connectivity index (χ0n) is 23.8. The summed E-state index contributed by atoms with van der Waals surface area (Å²) in [5, 5.41) is 11.7. The predicted molar refractivity (Wildman–Crippen MR) is 160 cm³/mol. The number of hydrogen-bond donors (Lipinski definition) is 1. The molecule has 2 heterocycles. The van der Waals surface area contributed by atoms with E-state index in [1.807, 2.05) is 73.7 Å². The Kier molecular flexibility index (Phi) is 7.70. The van der Waals surface area contributed by atoms with Crippen molar-refractivity contribution in [3.8, 4) is 5.75 Å². The number of aliphatic hydroxyl groups excluding tert-OH is 1. The third kappa shape index (κ3) is 5.23. The molecule has 0 bridgehead atoms. The first-order valence-corrected chi connectivity index (χ1v) is 14.2. The minimum atomic E-state index is -0.758. The van der Waals surface area contributed by atoms with E-state index in [9.17, 15) is 14.7 Å². The maximum absolute atomic E-state index is 13.6. The predicted octanol–water partition coefficient (Wildman–Crippen LogP) is 7.00. The molecule has 1 N–H and O–H groups in total. The van der Waals surface area contributed by atoms with Gasteiger partial charge in [-0.3, -0.25) is 14.5 Å². The Balaban J connectivity index is 1.61. The van der Waals surface area contributed by atoms with Crippen molar-refractivity contribution in [3.63, 3.8) is 0 Å². The van der Waals surface area contributed by atoms with Gasteiger partial charge in [0, 0.05) is 35.6 Å². The van der Waals surface area contributed by atoms with Gasteiger partial charge in [-0.2, -0.15) is 0 Å². The van der Waals surface area contributed by atoms with Crippen LogP contribution in [0, 0.1) is 0 Å². The van der Waals surface area contributed by atoms with Crippen molar-refractivity contribution in [2.24, 2.45) is 0 Å². The normalized spacial score (nSPS) is 19.2. The molecule has 0 aromatic heterocycles. The molecule has 2 saturated heterocycles. The molecule has 208 valence electrons. The molecule has 1 atom stereocenters. The van der Waals surface area contributed by atoms with E-state index in [-0.39, 0.29) is 16.7 Å². The molecule has 1 unspecified atom stereocenters. The molecule has 5 rings (SSSR count). The van der Waals surface area contributed by atoms with Crippen molar-refractivity contribution in [3.05, 3.63) is 95.1 Å². The Morgan fingerprint density at radius 1 is 0.900 bits per heavy atom. The van der Waals surface area contributed by atoms with Crippen molar-refractivity contribution in [1.29, 1.82) is 0 Å². The van der Waals surface area contributed by atoms with Crippen LogP contribution in [-0.4, -0.2) is 36.5 Å². The molecular weight excluding hydrogens is 500 g/mol. The molecular formula is C34H38N2O4. The maximum atomic E-state index is 13.6. The lowest BCUT2D eigenvalue weighted by molar-refractivity contribution is -0.132. The number of anilines is 2. The van der Waals surface area contributed by atoms with Gasteiger partial charge in [0.25, 0.3) is 11.7 Å². The second-order valence-corrected chi connectivity index (χ2v) is 11.5. The number of carbonyl (C=O) groups excluding carboxylic acids is 2. The fourth-order valence-electron chi connectivity index (χ4n) is 5.73. The number of nitrogens with zero attached hydrogens (tertiary/aromatic N) is 2. The number of amides is 1. The smallest absolute Gasteiger partial charge is 0.300 e. The van der Waals surface area contributed by atoms with Crippen LogP contribution in [0.15, 0.2) is 78.4 Å². The number of Topliss-reactive ketones (excluding diaryl/α,β-unsaturated/α-hetero) is 1. The molecule has 2 fully saturated rings. The summed E-state index contributed by atoms with van der Waals surface area (Å²) in [5.74, 6) is -0.797. The number of hydrogen-bond acceptors (Lipinski definition) is 5. The second kappa shape index (κ2) is 11.2. The van der Waals surface area contributed by atoms with Gasteiger partial charge in [-0.1, -0.05) is 51.1 Å². The van der Waals surface area contributed by atoms with Crippen LogP contribution in [-0.2, 0) is 15.0 Å². The zero-order chi connectivity index (χ0) is 28.4. The Morgan fingerprint density at radius 2 is 1.55 bits per heavy atom. The summed E-state index contributed by atoms with van der Waals surface area (Å²) in [7, 11) is 0. The van der Waals surface area contributed by atoms with Gasteiger partial charge in [0.1, 0.15) is 11.5 Å². The highest BCUT2D eigenvalue weighted by Gasteiger charge is 2.47. The van der Waals surface area contributed by atoms with E-state index in [0.29, 0.717) is 17.9 Å². The molecule has 6 nitrogen and oxygen atoms in total. The van der Waals surface area contributed by atoms with Crippen molar-refractivity contribution in [1.82, 2.24) is 0 Å². The summed E-state index contributed by atoms with van der Waals surface area (Å²) in [4.78, 5) is 31.1. The first kappa shape index (κ1) is 27.5. The fraction of sp³-hybridized carbons (Fsp3) is 0.353. The Morgan fingerprint density at radius 3 is 2.17 bits per heavy atom. The lowest BCUT2D eigenvalue weighted by Gasteiger charge is -2.30. The molecule has 2 aliphatic heterocycles. The van der Waals surface area contributed by atoms with Crippen LogP contribution in [0.4, 0.5) is 11.4 Å². The van der Waals surface area contributed by atoms with Crippen molar-refractivity contribution in [2.75, 3.05) is 29.5 Å². The standard InChI is InChI=1S/C34H38N2O4/c1-5-40-28-19-14-24(22-27(28)34(2,3)4)31(37)29-30(23-12-8-6-9-13-23)36(33(39)32(29)38)26-17-15-25(16-18-26)35-20-10-7-11-21-35/h6,8-9,12-19,22,30,37H,5,7,10-11,20-21H2,1-4H3/b31-29-. The minimum Gasteiger partial charge on any atom is -0.507 e. The third-order valence-electron chi connectivity index (χ3n) is 7.77. The molecule has 40 heavy (non-hydrogen) atoms. The molecule has 0 radical (unpaired) electrons. The Hall–Kier alpha value is -4.06. The molecule has 0 saturated carbocycles. The molecule has 3 aromatic rings. The van der Waals surface area contributed by atoms with Crippen LogP contribution < -0.4 is 14.5 Å². The maximum Gasteiger partial charge on any atom is 0.300 e.